The Morgan fingerprint density at radius 1 is 1.14 bits per heavy atom. The van der Waals surface area contributed by atoms with Crippen molar-refractivity contribution < 1.29 is 9.47 Å². The van der Waals surface area contributed by atoms with Gasteiger partial charge in [-0.25, -0.2) is 0 Å². The first-order valence-corrected chi connectivity index (χ1v) is 4.98. The van der Waals surface area contributed by atoms with Crippen LogP contribution in [0.1, 0.15) is 26.3 Å². The van der Waals surface area contributed by atoms with Crippen LogP contribution in [-0.2, 0) is 11.3 Å². The van der Waals surface area contributed by atoms with Crippen molar-refractivity contribution in [1.82, 2.24) is 0 Å². The molecule has 1 aliphatic rings. The molecular weight excluding hydrogens is 176 g/mol. The van der Waals surface area contributed by atoms with E-state index in [0.29, 0.717) is 13.4 Å². The first-order valence-electron chi connectivity index (χ1n) is 4.98. The van der Waals surface area contributed by atoms with E-state index in [2.05, 4.69) is 20.8 Å². The van der Waals surface area contributed by atoms with Crippen LogP contribution in [0.4, 0.5) is 0 Å². The summed E-state index contributed by atoms with van der Waals surface area (Å²) in [7, 11) is 0. The van der Waals surface area contributed by atoms with Crippen molar-refractivity contribution in [3.63, 3.8) is 0 Å². The molecule has 0 saturated carbocycles. The summed E-state index contributed by atoms with van der Waals surface area (Å²) < 4.78 is 10.3. The molecule has 1 aliphatic heterocycles. The lowest BCUT2D eigenvalue weighted by atomic mass is 10.2. The van der Waals surface area contributed by atoms with Gasteiger partial charge in [-0.3, -0.25) is 0 Å². The van der Waals surface area contributed by atoms with E-state index >= 15 is 0 Å². The van der Waals surface area contributed by atoms with Crippen LogP contribution >= 0.6 is 0 Å². The molecule has 0 aliphatic carbocycles. The van der Waals surface area contributed by atoms with E-state index in [0.717, 1.165) is 17.2 Å². The molecule has 0 atom stereocenters. The molecule has 0 fully saturated rings. The second-order valence-corrected chi connectivity index (χ2v) is 3.95. The van der Waals surface area contributed by atoms with Crippen molar-refractivity contribution in [1.29, 1.82) is 0 Å². The Kier molecular flexibility index (Phi) is 4.47. The summed E-state index contributed by atoms with van der Waals surface area (Å²) in [5, 5.41) is 0. The lowest BCUT2D eigenvalue weighted by Gasteiger charge is -2.16. The van der Waals surface area contributed by atoms with Gasteiger partial charge in [-0.1, -0.05) is 39.0 Å². The predicted octanol–water partition coefficient (Wildman–Crippen LogP) is 3.22. The number of ether oxygens (including phenoxy) is 2. The largest absolute Gasteiger partial charge is 0.467 e. The Balaban J connectivity index is 0.000000213. The number of hydrogen-bond donors (Lipinski definition) is 0. The van der Waals surface area contributed by atoms with Crippen LogP contribution < -0.4 is 4.74 Å². The van der Waals surface area contributed by atoms with E-state index in [1.54, 1.807) is 0 Å². The molecule has 2 heteroatoms. The summed E-state index contributed by atoms with van der Waals surface area (Å²) in [4.78, 5) is 0. The molecule has 0 N–H and O–H groups in total. The molecule has 2 rings (SSSR count). The Hall–Kier alpha value is -1.02. The maximum absolute atomic E-state index is 5.20. The van der Waals surface area contributed by atoms with E-state index in [-0.39, 0.29) is 0 Å². The highest BCUT2D eigenvalue weighted by molar-refractivity contribution is 5.33. The van der Waals surface area contributed by atoms with Gasteiger partial charge in [-0.15, -0.1) is 0 Å². The SMILES string of the molecule is CC(C)C.c1ccc2c(c1)COCO2. The fraction of sp³-hybridized carbons (Fsp3) is 0.500. The van der Waals surface area contributed by atoms with Crippen molar-refractivity contribution in [3.05, 3.63) is 29.8 Å². The van der Waals surface area contributed by atoms with Crippen LogP contribution in [0.5, 0.6) is 5.75 Å². The number of hydrogen-bond acceptors (Lipinski definition) is 2. The topological polar surface area (TPSA) is 18.5 Å². The zero-order valence-electron chi connectivity index (χ0n) is 9.12. The van der Waals surface area contributed by atoms with Gasteiger partial charge in [0.15, 0.2) is 6.79 Å². The molecule has 1 aromatic rings. The monoisotopic (exact) mass is 194 g/mol. The summed E-state index contributed by atoms with van der Waals surface area (Å²) in [5.74, 6) is 1.79. The quantitative estimate of drug-likeness (QED) is 0.631. The van der Waals surface area contributed by atoms with Crippen molar-refractivity contribution in [3.8, 4) is 5.75 Å². The fourth-order valence-electron chi connectivity index (χ4n) is 1.02. The van der Waals surface area contributed by atoms with Crippen molar-refractivity contribution in [2.75, 3.05) is 6.79 Å². The first kappa shape index (κ1) is 11.1. The van der Waals surface area contributed by atoms with E-state index in [1.165, 1.54) is 0 Å². The van der Waals surface area contributed by atoms with Gasteiger partial charge in [-0.05, 0) is 12.0 Å². The van der Waals surface area contributed by atoms with Crippen LogP contribution in [0.15, 0.2) is 24.3 Å². The summed E-state index contributed by atoms with van der Waals surface area (Å²) in [6, 6.07) is 7.91. The Labute approximate surface area is 85.8 Å². The van der Waals surface area contributed by atoms with E-state index < -0.39 is 0 Å². The maximum atomic E-state index is 5.20. The third-order valence-electron chi connectivity index (χ3n) is 1.53. The van der Waals surface area contributed by atoms with Crippen LogP contribution in [0.3, 0.4) is 0 Å². The average Bonchev–Trinajstić information content (AvgIpc) is 2.17. The molecule has 1 heterocycles. The lowest BCUT2D eigenvalue weighted by Crippen LogP contribution is -2.10. The van der Waals surface area contributed by atoms with Gasteiger partial charge in [0.2, 0.25) is 0 Å². The number of fused-ring (bicyclic) bond motifs is 1. The van der Waals surface area contributed by atoms with Crippen LogP contribution in [-0.4, -0.2) is 6.79 Å². The predicted molar refractivity (Wildman–Crippen MR) is 57.2 cm³/mol. The number of para-hydroxylation sites is 1. The number of benzene rings is 1. The van der Waals surface area contributed by atoms with Gasteiger partial charge in [-0.2, -0.15) is 0 Å². The third-order valence-corrected chi connectivity index (χ3v) is 1.53. The zero-order chi connectivity index (χ0) is 10.4. The van der Waals surface area contributed by atoms with E-state index in [9.17, 15) is 0 Å². The second-order valence-electron chi connectivity index (χ2n) is 3.95. The first-order chi connectivity index (χ1) is 6.70. The highest BCUT2D eigenvalue weighted by Crippen LogP contribution is 2.21. The van der Waals surface area contributed by atoms with Gasteiger partial charge in [0, 0.05) is 5.56 Å². The lowest BCUT2D eigenvalue weighted by molar-refractivity contribution is -0.0163. The zero-order valence-corrected chi connectivity index (χ0v) is 9.12. The van der Waals surface area contributed by atoms with Crippen LogP contribution in [0.25, 0.3) is 0 Å². The summed E-state index contributed by atoms with van der Waals surface area (Å²) in [6.07, 6.45) is 0. The summed E-state index contributed by atoms with van der Waals surface area (Å²) in [5.41, 5.74) is 1.13. The molecular formula is C12H18O2. The maximum Gasteiger partial charge on any atom is 0.189 e. The Bertz CT molecular complexity index is 241. The van der Waals surface area contributed by atoms with Crippen LogP contribution in [0, 0.1) is 5.92 Å². The normalized spacial score (nSPS) is 13.7. The molecule has 1 aromatic carbocycles. The van der Waals surface area contributed by atoms with E-state index in [1.807, 2.05) is 24.3 Å². The molecule has 0 radical (unpaired) electrons. The molecule has 0 aromatic heterocycles. The molecule has 0 saturated heterocycles. The van der Waals surface area contributed by atoms with Crippen LogP contribution in [0.2, 0.25) is 0 Å². The number of rotatable bonds is 0. The Morgan fingerprint density at radius 2 is 1.79 bits per heavy atom. The minimum atomic E-state index is 0.386. The standard InChI is InChI=1S/C8H8O2.C4H10/c1-2-4-8-7(3-1)5-9-6-10-8;1-4(2)3/h1-4H,5-6H2;4H,1-3H3. The molecule has 14 heavy (non-hydrogen) atoms. The van der Waals surface area contributed by atoms with Gasteiger partial charge in [0.1, 0.15) is 5.75 Å². The minimum absolute atomic E-state index is 0.386. The molecule has 2 nitrogen and oxygen atoms in total. The molecule has 0 unspecified atom stereocenters. The minimum Gasteiger partial charge on any atom is -0.467 e. The summed E-state index contributed by atoms with van der Waals surface area (Å²) in [6.45, 7) is 7.56. The molecule has 78 valence electrons. The molecule has 0 bridgehead atoms. The molecule has 0 spiro atoms. The second kappa shape index (κ2) is 5.66. The summed E-state index contributed by atoms with van der Waals surface area (Å²) >= 11 is 0. The van der Waals surface area contributed by atoms with Crippen molar-refractivity contribution >= 4 is 0 Å². The van der Waals surface area contributed by atoms with Gasteiger partial charge in [0.25, 0.3) is 0 Å². The van der Waals surface area contributed by atoms with E-state index in [4.69, 9.17) is 9.47 Å². The third kappa shape index (κ3) is 3.79. The fourth-order valence-corrected chi connectivity index (χ4v) is 1.02. The smallest absolute Gasteiger partial charge is 0.189 e. The average molecular weight is 194 g/mol. The van der Waals surface area contributed by atoms with Gasteiger partial charge in [0.05, 0.1) is 6.61 Å². The van der Waals surface area contributed by atoms with Gasteiger partial charge < -0.3 is 9.47 Å². The van der Waals surface area contributed by atoms with Crippen molar-refractivity contribution in [2.24, 2.45) is 5.92 Å². The van der Waals surface area contributed by atoms with Gasteiger partial charge >= 0.3 is 0 Å². The highest BCUT2D eigenvalue weighted by atomic mass is 16.7. The highest BCUT2D eigenvalue weighted by Gasteiger charge is 2.07. The Morgan fingerprint density at radius 3 is 2.43 bits per heavy atom. The molecule has 0 amide bonds. The van der Waals surface area contributed by atoms with Crippen molar-refractivity contribution in [2.45, 2.75) is 27.4 Å².